The summed E-state index contributed by atoms with van der Waals surface area (Å²) in [6.07, 6.45) is 3.58. The van der Waals surface area contributed by atoms with Gasteiger partial charge in [0.05, 0.1) is 6.04 Å². The van der Waals surface area contributed by atoms with Crippen molar-refractivity contribution in [3.05, 3.63) is 36.0 Å². The normalized spacial score (nSPS) is 23.3. The van der Waals surface area contributed by atoms with Gasteiger partial charge in [-0.1, -0.05) is 25.1 Å². The summed E-state index contributed by atoms with van der Waals surface area (Å²) in [4.78, 5) is 15.2. The van der Waals surface area contributed by atoms with Gasteiger partial charge in [-0.05, 0) is 30.4 Å². The van der Waals surface area contributed by atoms with E-state index in [1.54, 1.807) is 0 Å². The van der Waals surface area contributed by atoms with Gasteiger partial charge in [0, 0.05) is 23.1 Å². The van der Waals surface area contributed by atoms with Crippen molar-refractivity contribution in [2.75, 3.05) is 0 Å². The van der Waals surface area contributed by atoms with Crippen LogP contribution in [-0.2, 0) is 11.2 Å². The first kappa shape index (κ1) is 12.2. The SMILES string of the molecule is CC1CC1NC(=O)C(N)Cc1c[nH]c2ccccc12. The first-order valence-electron chi connectivity index (χ1n) is 6.76. The Balaban J connectivity index is 1.68. The van der Waals surface area contributed by atoms with Gasteiger partial charge in [-0.15, -0.1) is 0 Å². The van der Waals surface area contributed by atoms with E-state index in [1.165, 1.54) is 0 Å². The van der Waals surface area contributed by atoms with Crippen LogP contribution in [0, 0.1) is 5.92 Å². The highest BCUT2D eigenvalue weighted by Gasteiger charge is 2.34. The monoisotopic (exact) mass is 257 g/mol. The van der Waals surface area contributed by atoms with Crippen LogP contribution >= 0.6 is 0 Å². The molecule has 1 aromatic heterocycles. The molecule has 2 aromatic rings. The summed E-state index contributed by atoms with van der Waals surface area (Å²) in [5.41, 5.74) is 8.18. The number of hydrogen-bond donors (Lipinski definition) is 3. The van der Waals surface area contributed by atoms with Gasteiger partial charge >= 0.3 is 0 Å². The smallest absolute Gasteiger partial charge is 0.237 e. The summed E-state index contributed by atoms with van der Waals surface area (Å²) < 4.78 is 0. The predicted molar refractivity (Wildman–Crippen MR) is 75.7 cm³/mol. The predicted octanol–water partition coefficient (Wildman–Crippen LogP) is 1.56. The number of aromatic nitrogens is 1. The highest BCUT2D eigenvalue weighted by atomic mass is 16.2. The molecule has 3 atom stereocenters. The Bertz CT molecular complexity index is 604. The van der Waals surface area contributed by atoms with E-state index in [-0.39, 0.29) is 5.91 Å². The fourth-order valence-electron chi connectivity index (χ4n) is 2.44. The first-order chi connectivity index (χ1) is 9.15. The van der Waals surface area contributed by atoms with Gasteiger partial charge in [0.25, 0.3) is 0 Å². The molecule has 0 radical (unpaired) electrons. The number of benzene rings is 1. The molecule has 0 aliphatic heterocycles. The zero-order valence-electron chi connectivity index (χ0n) is 11.0. The van der Waals surface area contributed by atoms with E-state index in [1.807, 2.05) is 24.4 Å². The van der Waals surface area contributed by atoms with Gasteiger partial charge in [0.1, 0.15) is 0 Å². The van der Waals surface area contributed by atoms with Crippen LogP contribution in [0.15, 0.2) is 30.5 Å². The minimum atomic E-state index is -0.480. The lowest BCUT2D eigenvalue weighted by atomic mass is 10.1. The number of carbonyl (C=O) groups excluding carboxylic acids is 1. The summed E-state index contributed by atoms with van der Waals surface area (Å²) in [5, 5.41) is 4.13. The van der Waals surface area contributed by atoms with Crippen molar-refractivity contribution >= 4 is 16.8 Å². The maximum Gasteiger partial charge on any atom is 0.237 e. The Morgan fingerprint density at radius 3 is 3.00 bits per heavy atom. The zero-order chi connectivity index (χ0) is 13.4. The summed E-state index contributed by atoms with van der Waals surface area (Å²) >= 11 is 0. The molecule has 1 aromatic carbocycles. The van der Waals surface area contributed by atoms with Crippen LogP contribution in [0.3, 0.4) is 0 Å². The molecule has 1 amide bonds. The van der Waals surface area contributed by atoms with Crippen molar-refractivity contribution in [1.29, 1.82) is 0 Å². The molecular formula is C15H19N3O. The molecule has 4 N–H and O–H groups in total. The lowest BCUT2D eigenvalue weighted by Crippen LogP contribution is -2.43. The highest BCUT2D eigenvalue weighted by Crippen LogP contribution is 2.29. The number of amides is 1. The van der Waals surface area contributed by atoms with Gasteiger partial charge < -0.3 is 16.0 Å². The van der Waals surface area contributed by atoms with Crippen LogP contribution < -0.4 is 11.1 Å². The van der Waals surface area contributed by atoms with Crippen LogP contribution in [0.4, 0.5) is 0 Å². The average Bonchev–Trinajstić information content (AvgIpc) is 2.95. The van der Waals surface area contributed by atoms with Crippen LogP contribution in [0.25, 0.3) is 10.9 Å². The number of aromatic amines is 1. The molecule has 4 nitrogen and oxygen atoms in total. The number of H-pyrrole nitrogens is 1. The molecule has 0 bridgehead atoms. The number of rotatable bonds is 4. The van der Waals surface area contributed by atoms with Gasteiger partial charge in [-0.3, -0.25) is 4.79 Å². The summed E-state index contributed by atoms with van der Waals surface area (Å²) in [6, 6.07) is 7.92. The molecule has 1 saturated carbocycles. The zero-order valence-corrected chi connectivity index (χ0v) is 11.0. The highest BCUT2D eigenvalue weighted by molar-refractivity contribution is 5.86. The second-order valence-corrected chi connectivity index (χ2v) is 5.50. The van der Waals surface area contributed by atoms with Crippen molar-refractivity contribution in [1.82, 2.24) is 10.3 Å². The van der Waals surface area contributed by atoms with Crippen LogP contribution in [0.5, 0.6) is 0 Å². The fourth-order valence-corrected chi connectivity index (χ4v) is 2.44. The molecule has 1 aliphatic carbocycles. The largest absolute Gasteiger partial charge is 0.361 e. The van der Waals surface area contributed by atoms with E-state index in [2.05, 4.69) is 23.3 Å². The van der Waals surface area contributed by atoms with Crippen molar-refractivity contribution in [2.45, 2.75) is 31.8 Å². The Kier molecular flexibility index (Phi) is 3.03. The van der Waals surface area contributed by atoms with Gasteiger partial charge in [-0.25, -0.2) is 0 Å². The molecule has 0 spiro atoms. The van der Waals surface area contributed by atoms with E-state index in [0.29, 0.717) is 18.4 Å². The lowest BCUT2D eigenvalue weighted by molar-refractivity contribution is -0.122. The van der Waals surface area contributed by atoms with Crippen LogP contribution in [0.2, 0.25) is 0 Å². The summed E-state index contributed by atoms with van der Waals surface area (Å²) in [6.45, 7) is 2.14. The molecule has 1 aliphatic rings. The number of hydrogen-bond acceptors (Lipinski definition) is 2. The van der Waals surface area contributed by atoms with Crippen molar-refractivity contribution in [3.8, 4) is 0 Å². The number of nitrogens with two attached hydrogens (primary N) is 1. The van der Waals surface area contributed by atoms with E-state index < -0.39 is 6.04 Å². The third-order valence-electron chi connectivity index (χ3n) is 3.89. The van der Waals surface area contributed by atoms with E-state index >= 15 is 0 Å². The molecule has 0 saturated heterocycles. The van der Waals surface area contributed by atoms with Crippen LogP contribution in [0.1, 0.15) is 18.9 Å². The number of nitrogens with one attached hydrogen (secondary N) is 2. The van der Waals surface area contributed by atoms with E-state index in [9.17, 15) is 4.79 Å². The number of fused-ring (bicyclic) bond motifs is 1. The molecule has 1 heterocycles. The van der Waals surface area contributed by atoms with Gasteiger partial charge in [0.2, 0.25) is 5.91 Å². The third-order valence-corrected chi connectivity index (χ3v) is 3.89. The number of para-hydroxylation sites is 1. The molecule has 4 heteroatoms. The Morgan fingerprint density at radius 1 is 1.53 bits per heavy atom. The Morgan fingerprint density at radius 2 is 2.26 bits per heavy atom. The summed E-state index contributed by atoms with van der Waals surface area (Å²) in [7, 11) is 0. The molecular weight excluding hydrogens is 238 g/mol. The molecule has 1 fully saturated rings. The minimum Gasteiger partial charge on any atom is -0.361 e. The minimum absolute atomic E-state index is 0.0420. The maximum absolute atomic E-state index is 12.0. The van der Waals surface area contributed by atoms with Crippen molar-refractivity contribution in [3.63, 3.8) is 0 Å². The summed E-state index contributed by atoms with van der Waals surface area (Å²) in [5.74, 6) is 0.559. The Labute approximate surface area is 112 Å². The fraction of sp³-hybridized carbons (Fsp3) is 0.400. The topological polar surface area (TPSA) is 70.9 Å². The quantitative estimate of drug-likeness (QED) is 0.778. The second-order valence-electron chi connectivity index (χ2n) is 5.50. The standard InChI is InChI=1S/C15H19N3O/c1-9-6-14(9)18-15(19)12(16)7-10-8-17-13-5-3-2-4-11(10)13/h2-5,8-9,12,14,17H,6-7,16H2,1H3,(H,18,19). The Hall–Kier alpha value is -1.81. The van der Waals surface area contributed by atoms with Crippen molar-refractivity contribution < 1.29 is 4.79 Å². The molecule has 100 valence electrons. The van der Waals surface area contributed by atoms with Crippen molar-refractivity contribution in [2.24, 2.45) is 11.7 Å². The molecule has 3 rings (SSSR count). The molecule has 19 heavy (non-hydrogen) atoms. The van der Waals surface area contributed by atoms with Gasteiger partial charge in [-0.2, -0.15) is 0 Å². The van der Waals surface area contributed by atoms with Crippen LogP contribution in [-0.4, -0.2) is 23.0 Å². The van der Waals surface area contributed by atoms with Gasteiger partial charge in [0.15, 0.2) is 0 Å². The first-order valence-corrected chi connectivity index (χ1v) is 6.76. The lowest BCUT2D eigenvalue weighted by Gasteiger charge is -2.11. The third kappa shape index (κ3) is 2.49. The number of carbonyl (C=O) groups is 1. The van der Waals surface area contributed by atoms with E-state index in [0.717, 1.165) is 22.9 Å². The second kappa shape index (κ2) is 4.70. The average molecular weight is 257 g/mol. The molecule has 3 unspecified atom stereocenters. The maximum atomic E-state index is 12.0. The van der Waals surface area contributed by atoms with E-state index in [4.69, 9.17) is 5.73 Å².